The Labute approximate surface area is 196 Å². The smallest absolute Gasteiger partial charge is 0.259 e. The van der Waals surface area contributed by atoms with E-state index in [1.165, 1.54) is 12.1 Å². The van der Waals surface area contributed by atoms with Crippen molar-refractivity contribution < 1.29 is 9.18 Å². The van der Waals surface area contributed by atoms with Gasteiger partial charge in [-0.25, -0.2) is 9.37 Å². The molecule has 33 heavy (non-hydrogen) atoms. The molecule has 0 aliphatic carbocycles. The monoisotopic (exact) mass is 460 g/mol. The van der Waals surface area contributed by atoms with E-state index >= 15 is 0 Å². The minimum atomic E-state index is -0.383. The van der Waals surface area contributed by atoms with Crippen molar-refractivity contribution in [2.45, 2.75) is 13.0 Å². The Bertz CT molecular complexity index is 1270. The Morgan fingerprint density at radius 2 is 1.76 bits per heavy atom. The summed E-state index contributed by atoms with van der Waals surface area (Å²) in [5, 5.41) is 9.70. The molecule has 1 amide bonds. The van der Waals surface area contributed by atoms with Gasteiger partial charge in [0.05, 0.1) is 16.3 Å². The van der Waals surface area contributed by atoms with E-state index in [1.54, 1.807) is 42.6 Å². The molecule has 3 N–H and O–H groups in total. The number of anilines is 4. The van der Waals surface area contributed by atoms with Gasteiger partial charge < -0.3 is 16.0 Å². The molecule has 1 atom stereocenters. The molecule has 0 aliphatic heterocycles. The fraction of sp³-hybridized carbons (Fsp3) is 0.0769. The van der Waals surface area contributed by atoms with Gasteiger partial charge in [-0.1, -0.05) is 48.0 Å². The van der Waals surface area contributed by atoms with E-state index in [1.807, 2.05) is 36.4 Å². The molecule has 1 unspecified atom stereocenters. The summed E-state index contributed by atoms with van der Waals surface area (Å²) in [6.45, 7) is 2.05. The summed E-state index contributed by atoms with van der Waals surface area (Å²) in [6.07, 6.45) is 1.56. The van der Waals surface area contributed by atoms with Gasteiger partial charge in [-0.2, -0.15) is 0 Å². The maximum atomic E-state index is 13.5. The normalized spacial score (nSPS) is 11.5. The second-order valence-corrected chi connectivity index (χ2v) is 7.87. The van der Waals surface area contributed by atoms with Crippen LogP contribution in [0.15, 0.2) is 91.1 Å². The molecule has 1 aromatic heterocycles. The molecule has 1 heterocycles. The molecular formula is C26H22ClFN4O. The highest BCUT2D eigenvalue weighted by molar-refractivity contribution is 6.33. The first-order valence-corrected chi connectivity index (χ1v) is 10.8. The third-order valence-corrected chi connectivity index (χ3v) is 5.35. The third kappa shape index (κ3) is 5.67. The molecule has 0 saturated heterocycles. The number of carbonyl (C=O) groups is 1. The lowest BCUT2D eigenvalue weighted by molar-refractivity contribution is 0.102. The average molecular weight is 461 g/mol. The quantitative estimate of drug-likeness (QED) is 0.276. The van der Waals surface area contributed by atoms with Crippen LogP contribution < -0.4 is 16.0 Å². The molecule has 166 valence electrons. The Balaban J connectivity index is 1.47. The Kier molecular flexibility index (Phi) is 6.86. The van der Waals surface area contributed by atoms with Crippen molar-refractivity contribution in [3.8, 4) is 0 Å². The predicted octanol–water partition coefficient (Wildman–Crippen LogP) is 7.04. The number of aromatic nitrogens is 1. The standard InChI is InChI=1S/C26H22ClFN4O/c1-17(18-7-3-2-4-8-18)30-24-13-12-21(16-23(24)27)32-26(33)22-11-6-14-29-25(22)31-20-10-5-9-19(28)15-20/h2-17,30H,1H3,(H,29,31)(H,32,33). The highest BCUT2D eigenvalue weighted by Crippen LogP contribution is 2.29. The van der Waals surface area contributed by atoms with Crippen LogP contribution in [0, 0.1) is 5.82 Å². The lowest BCUT2D eigenvalue weighted by atomic mass is 10.1. The van der Waals surface area contributed by atoms with E-state index < -0.39 is 0 Å². The molecule has 0 saturated carbocycles. The zero-order chi connectivity index (χ0) is 23.2. The number of halogens is 2. The van der Waals surface area contributed by atoms with Crippen LogP contribution >= 0.6 is 11.6 Å². The van der Waals surface area contributed by atoms with Crippen LogP contribution in [0.5, 0.6) is 0 Å². The number of benzene rings is 3. The molecule has 5 nitrogen and oxygen atoms in total. The van der Waals surface area contributed by atoms with Crippen molar-refractivity contribution in [1.29, 1.82) is 0 Å². The van der Waals surface area contributed by atoms with Crippen LogP contribution in [-0.2, 0) is 0 Å². The van der Waals surface area contributed by atoms with Gasteiger partial charge in [-0.15, -0.1) is 0 Å². The lowest BCUT2D eigenvalue weighted by Crippen LogP contribution is -2.15. The second kappa shape index (κ2) is 10.1. The van der Waals surface area contributed by atoms with Gasteiger partial charge in [-0.3, -0.25) is 4.79 Å². The number of nitrogens with one attached hydrogen (secondary N) is 3. The molecule has 0 radical (unpaired) electrons. The summed E-state index contributed by atoms with van der Waals surface area (Å²) in [4.78, 5) is 17.2. The van der Waals surface area contributed by atoms with E-state index in [4.69, 9.17) is 11.6 Å². The van der Waals surface area contributed by atoms with Crippen LogP contribution in [0.3, 0.4) is 0 Å². The summed E-state index contributed by atoms with van der Waals surface area (Å²) in [5.41, 5.74) is 3.26. The molecule has 0 bridgehead atoms. The van der Waals surface area contributed by atoms with Crippen LogP contribution in [-0.4, -0.2) is 10.9 Å². The summed E-state index contributed by atoms with van der Waals surface area (Å²) >= 11 is 6.47. The van der Waals surface area contributed by atoms with Gasteiger partial charge >= 0.3 is 0 Å². The largest absolute Gasteiger partial charge is 0.377 e. The van der Waals surface area contributed by atoms with Gasteiger partial charge in [0.15, 0.2) is 0 Å². The number of amides is 1. The molecule has 4 aromatic rings. The number of hydrogen-bond donors (Lipinski definition) is 3. The average Bonchev–Trinajstić information content (AvgIpc) is 2.81. The molecule has 0 fully saturated rings. The Morgan fingerprint density at radius 1 is 0.939 bits per heavy atom. The van der Waals surface area contributed by atoms with Crippen molar-refractivity contribution in [2.75, 3.05) is 16.0 Å². The highest BCUT2D eigenvalue weighted by atomic mass is 35.5. The lowest BCUT2D eigenvalue weighted by Gasteiger charge is -2.17. The van der Waals surface area contributed by atoms with Crippen LogP contribution in [0.2, 0.25) is 5.02 Å². The number of carbonyl (C=O) groups excluding carboxylic acids is 1. The van der Waals surface area contributed by atoms with E-state index in [0.717, 1.165) is 11.3 Å². The van der Waals surface area contributed by atoms with Crippen LogP contribution in [0.1, 0.15) is 28.9 Å². The first kappa shape index (κ1) is 22.3. The molecule has 0 aliphatic rings. The molecule has 4 rings (SSSR count). The molecular weight excluding hydrogens is 439 g/mol. The topological polar surface area (TPSA) is 66.0 Å². The zero-order valence-corrected chi connectivity index (χ0v) is 18.6. The van der Waals surface area contributed by atoms with Crippen molar-refractivity contribution in [1.82, 2.24) is 4.98 Å². The minimum absolute atomic E-state index is 0.0657. The first-order chi connectivity index (χ1) is 16.0. The van der Waals surface area contributed by atoms with E-state index in [0.29, 0.717) is 27.8 Å². The van der Waals surface area contributed by atoms with Crippen molar-refractivity contribution in [3.05, 3.63) is 113 Å². The fourth-order valence-corrected chi connectivity index (χ4v) is 3.59. The van der Waals surface area contributed by atoms with Crippen LogP contribution in [0.25, 0.3) is 0 Å². The maximum Gasteiger partial charge on any atom is 0.259 e. The van der Waals surface area contributed by atoms with Gasteiger partial charge in [-0.05, 0) is 61.0 Å². The van der Waals surface area contributed by atoms with Crippen molar-refractivity contribution in [2.24, 2.45) is 0 Å². The summed E-state index contributed by atoms with van der Waals surface area (Å²) in [7, 11) is 0. The van der Waals surface area contributed by atoms with E-state index in [2.05, 4.69) is 27.9 Å². The number of pyridine rings is 1. The molecule has 7 heteroatoms. The van der Waals surface area contributed by atoms with Gasteiger partial charge in [0, 0.05) is 23.6 Å². The van der Waals surface area contributed by atoms with Gasteiger partial charge in [0.2, 0.25) is 0 Å². The first-order valence-electron chi connectivity index (χ1n) is 10.4. The second-order valence-electron chi connectivity index (χ2n) is 7.46. The summed E-state index contributed by atoms with van der Waals surface area (Å²) in [5.74, 6) is -0.426. The highest BCUT2D eigenvalue weighted by Gasteiger charge is 2.14. The third-order valence-electron chi connectivity index (χ3n) is 5.04. The Morgan fingerprint density at radius 3 is 2.52 bits per heavy atom. The molecule has 0 spiro atoms. The van der Waals surface area contributed by atoms with Gasteiger partial charge in [0.1, 0.15) is 11.6 Å². The van der Waals surface area contributed by atoms with Gasteiger partial charge in [0.25, 0.3) is 5.91 Å². The number of rotatable bonds is 7. The van der Waals surface area contributed by atoms with Crippen molar-refractivity contribution in [3.63, 3.8) is 0 Å². The van der Waals surface area contributed by atoms with E-state index in [9.17, 15) is 9.18 Å². The fourth-order valence-electron chi connectivity index (χ4n) is 3.36. The summed E-state index contributed by atoms with van der Waals surface area (Å²) in [6, 6.07) is 24.7. The zero-order valence-electron chi connectivity index (χ0n) is 17.8. The minimum Gasteiger partial charge on any atom is -0.377 e. The SMILES string of the molecule is CC(Nc1ccc(NC(=O)c2cccnc2Nc2cccc(F)c2)cc1Cl)c1ccccc1. The van der Waals surface area contributed by atoms with Crippen molar-refractivity contribution >= 4 is 40.4 Å². The predicted molar refractivity (Wildman–Crippen MR) is 132 cm³/mol. The summed E-state index contributed by atoms with van der Waals surface area (Å²) < 4.78 is 13.5. The molecule has 3 aromatic carbocycles. The number of nitrogens with zero attached hydrogens (tertiary/aromatic N) is 1. The Hall–Kier alpha value is -3.90. The number of hydrogen-bond acceptors (Lipinski definition) is 4. The maximum absolute atomic E-state index is 13.5. The van der Waals surface area contributed by atoms with Crippen LogP contribution in [0.4, 0.5) is 27.3 Å². The van der Waals surface area contributed by atoms with E-state index in [-0.39, 0.29) is 17.8 Å².